The van der Waals surface area contributed by atoms with E-state index in [9.17, 15) is 4.79 Å². The van der Waals surface area contributed by atoms with Gasteiger partial charge in [-0.15, -0.1) is 0 Å². The van der Waals surface area contributed by atoms with E-state index in [0.29, 0.717) is 0 Å². The van der Waals surface area contributed by atoms with Crippen LogP contribution < -0.4 is 5.32 Å². The van der Waals surface area contributed by atoms with Crippen molar-refractivity contribution in [2.45, 2.75) is 32.2 Å². The average Bonchev–Trinajstić information content (AvgIpc) is 2.95. The zero-order chi connectivity index (χ0) is 11.5. The predicted octanol–water partition coefficient (Wildman–Crippen LogP) is 0.747. The first-order chi connectivity index (χ1) is 7.00. The molecule has 0 aliphatic heterocycles. The number of hydrogen-bond donors (Lipinski definition) is 1. The number of nitrogens with zero attached hydrogens (tertiary/aromatic N) is 2. The lowest BCUT2D eigenvalue weighted by molar-refractivity contribution is -0.125. The molecule has 0 spiro atoms. The van der Waals surface area contributed by atoms with Crippen molar-refractivity contribution in [2.24, 2.45) is 5.41 Å². The van der Waals surface area contributed by atoms with E-state index >= 15 is 0 Å². The molecule has 1 aliphatic rings. The molecule has 15 heavy (non-hydrogen) atoms. The molecule has 0 bridgehead atoms. The topological polar surface area (TPSA) is 56.1 Å². The summed E-state index contributed by atoms with van der Waals surface area (Å²) in [5.74, 6) is -0.0868. The van der Waals surface area contributed by atoms with Crippen LogP contribution in [0.2, 0.25) is 0 Å². The molecule has 1 amide bonds. The van der Waals surface area contributed by atoms with Crippen molar-refractivity contribution in [3.63, 3.8) is 0 Å². The van der Waals surface area contributed by atoms with Crippen molar-refractivity contribution in [3.05, 3.63) is 0 Å². The Bertz CT molecular complexity index is 276. The maximum atomic E-state index is 11.7. The summed E-state index contributed by atoms with van der Waals surface area (Å²) in [6.45, 7) is 2.93. The fraction of sp³-hybridized carbons (Fsp3) is 0.818. The summed E-state index contributed by atoms with van der Waals surface area (Å²) in [5.41, 5.74) is -0.688. The molecule has 4 nitrogen and oxygen atoms in total. The van der Waals surface area contributed by atoms with Crippen molar-refractivity contribution < 1.29 is 4.79 Å². The summed E-state index contributed by atoms with van der Waals surface area (Å²) in [7, 11) is 4.01. The first kappa shape index (κ1) is 12.0. The number of hydrogen-bond acceptors (Lipinski definition) is 3. The summed E-state index contributed by atoms with van der Waals surface area (Å²) in [5, 5.41) is 11.7. The third kappa shape index (κ3) is 3.21. The zero-order valence-electron chi connectivity index (χ0n) is 9.71. The molecule has 0 aromatic carbocycles. The molecule has 0 saturated heterocycles. The Hall–Kier alpha value is -1.08. The summed E-state index contributed by atoms with van der Waals surface area (Å²) >= 11 is 0. The van der Waals surface area contributed by atoms with Crippen molar-refractivity contribution >= 4 is 5.91 Å². The van der Waals surface area contributed by atoms with Gasteiger partial charge < -0.3 is 10.2 Å². The average molecular weight is 209 g/mol. The van der Waals surface area contributed by atoms with E-state index < -0.39 is 5.41 Å². The van der Waals surface area contributed by atoms with Crippen molar-refractivity contribution in [2.75, 3.05) is 20.6 Å². The summed E-state index contributed by atoms with van der Waals surface area (Å²) < 4.78 is 0. The third-order valence-electron chi connectivity index (χ3n) is 2.79. The van der Waals surface area contributed by atoms with E-state index in [0.717, 1.165) is 25.8 Å². The van der Waals surface area contributed by atoms with Crippen LogP contribution in [0.4, 0.5) is 0 Å². The van der Waals surface area contributed by atoms with Gasteiger partial charge in [-0.2, -0.15) is 5.26 Å². The van der Waals surface area contributed by atoms with Gasteiger partial charge in [-0.1, -0.05) is 0 Å². The second kappa shape index (κ2) is 4.63. The molecular weight excluding hydrogens is 190 g/mol. The fourth-order valence-electron chi connectivity index (χ4n) is 1.40. The van der Waals surface area contributed by atoms with Gasteiger partial charge in [-0.25, -0.2) is 0 Å². The normalized spacial score (nSPS) is 19.4. The molecule has 0 aromatic heterocycles. The highest BCUT2D eigenvalue weighted by atomic mass is 16.2. The van der Waals surface area contributed by atoms with Crippen molar-refractivity contribution in [3.8, 4) is 6.07 Å². The van der Waals surface area contributed by atoms with Crippen LogP contribution in [0, 0.1) is 16.7 Å². The van der Waals surface area contributed by atoms with Gasteiger partial charge in [0.2, 0.25) is 5.91 Å². The zero-order valence-corrected chi connectivity index (χ0v) is 9.71. The quantitative estimate of drug-likeness (QED) is 0.727. The number of amides is 1. The minimum Gasteiger partial charge on any atom is -0.352 e. The van der Waals surface area contributed by atoms with Crippen LogP contribution in [0.5, 0.6) is 0 Å². The molecule has 0 radical (unpaired) electrons. The largest absolute Gasteiger partial charge is 0.352 e. The molecule has 1 saturated carbocycles. The number of carbonyl (C=O) groups is 1. The molecule has 4 heteroatoms. The Morgan fingerprint density at radius 3 is 2.60 bits per heavy atom. The molecule has 0 heterocycles. The summed E-state index contributed by atoms with van der Waals surface area (Å²) in [6, 6.07) is 2.24. The van der Waals surface area contributed by atoms with Gasteiger partial charge in [0.25, 0.3) is 0 Å². The highest BCUT2D eigenvalue weighted by Crippen LogP contribution is 2.45. The van der Waals surface area contributed by atoms with Gasteiger partial charge in [-0.05, 0) is 46.8 Å². The number of nitrogens with one attached hydrogen (secondary N) is 1. The number of nitriles is 1. The molecular formula is C11H19N3O. The summed E-state index contributed by atoms with van der Waals surface area (Å²) in [6.07, 6.45) is 2.35. The van der Waals surface area contributed by atoms with Gasteiger partial charge in [0.1, 0.15) is 5.41 Å². The van der Waals surface area contributed by atoms with Crippen LogP contribution in [0.25, 0.3) is 0 Å². The lowest BCUT2D eigenvalue weighted by atomic mass is 10.1. The minimum absolute atomic E-state index is 0.0868. The van der Waals surface area contributed by atoms with E-state index in [-0.39, 0.29) is 11.9 Å². The second-order valence-corrected chi connectivity index (χ2v) is 4.66. The highest BCUT2D eigenvalue weighted by molar-refractivity contribution is 5.88. The van der Waals surface area contributed by atoms with Crippen LogP contribution in [0.1, 0.15) is 26.2 Å². The van der Waals surface area contributed by atoms with Gasteiger partial charge in [0, 0.05) is 6.04 Å². The third-order valence-corrected chi connectivity index (χ3v) is 2.79. The molecule has 84 valence electrons. The molecule has 1 rings (SSSR count). The van der Waals surface area contributed by atoms with E-state index in [1.807, 2.05) is 21.0 Å². The first-order valence-corrected chi connectivity index (χ1v) is 5.37. The lowest BCUT2D eigenvalue weighted by Gasteiger charge is -2.17. The van der Waals surface area contributed by atoms with Crippen LogP contribution in [0.15, 0.2) is 0 Å². The Morgan fingerprint density at radius 2 is 2.20 bits per heavy atom. The van der Waals surface area contributed by atoms with Crippen molar-refractivity contribution in [1.82, 2.24) is 10.2 Å². The van der Waals surface area contributed by atoms with Gasteiger partial charge >= 0.3 is 0 Å². The Kier molecular flexibility index (Phi) is 3.70. The van der Waals surface area contributed by atoms with Gasteiger partial charge in [0.15, 0.2) is 0 Å². The smallest absolute Gasteiger partial charge is 0.240 e. The fourth-order valence-corrected chi connectivity index (χ4v) is 1.40. The number of carbonyl (C=O) groups excluding carboxylic acids is 1. The van der Waals surface area contributed by atoms with Gasteiger partial charge in [-0.3, -0.25) is 4.79 Å². The molecule has 0 aromatic rings. The highest BCUT2D eigenvalue weighted by Gasteiger charge is 2.50. The van der Waals surface area contributed by atoms with E-state index in [1.54, 1.807) is 0 Å². The molecule has 1 atom stereocenters. The van der Waals surface area contributed by atoms with Crippen LogP contribution >= 0.6 is 0 Å². The molecule has 1 fully saturated rings. The molecule has 1 N–H and O–H groups in total. The van der Waals surface area contributed by atoms with Crippen LogP contribution in [-0.2, 0) is 4.79 Å². The lowest BCUT2D eigenvalue weighted by Crippen LogP contribution is -2.39. The maximum Gasteiger partial charge on any atom is 0.240 e. The Labute approximate surface area is 91.2 Å². The predicted molar refractivity (Wildman–Crippen MR) is 58.1 cm³/mol. The Balaban J connectivity index is 2.30. The second-order valence-electron chi connectivity index (χ2n) is 4.66. The molecule has 1 unspecified atom stereocenters. The molecule has 1 aliphatic carbocycles. The minimum atomic E-state index is -0.688. The maximum absolute atomic E-state index is 11.7. The van der Waals surface area contributed by atoms with Crippen molar-refractivity contribution in [1.29, 1.82) is 5.26 Å². The SMILES string of the molecule is CC(CCN(C)C)NC(=O)C1(C#N)CC1. The summed E-state index contributed by atoms with van der Waals surface area (Å²) in [4.78, 5) is 13.7. The van der Waals surface area contributed by atoms with E-state index in [2.05, 4.69) is 16.3 Å². The van der Waals surface area contributed by atoms with E-state index in [1.165, 1.54) is 0 Å². The standard InChI is InChI=1S/C11H19N3O/c1-9(4-7-14(2)3)13-10(15)11(8-12)5-6-11/h9H,4-7H2,1-3H3,(H,13,15). The van der Waals surface area contributed by atoms with Crippen LogP contribution in [0.3, 0.4) is 0 Å². The van der Waals surface area contributed by atoms with E-state index in [4.69, 9.17) is 5.26 Å². The van der Waals surface area contributed by atoms with Gasteiger partial charge in [0.05, 0.1) is 6.07 Å². The van der Waals surface area contributed by atoms with Crippen LogP contribution in [-0.4, -0.2) is 37.5 Å². The number of rotatable bonds is 5. The first-order valence-electron chi connectivity index (χ1n) is 5.37. The monoisotopic (exact) mass is 209 g/mol. The Morgan fingerprint density at radius 1 is 1.60 bits per heavy atom.